The van der Waals surface area contributed by atoms with E-state index in [1.807, 2.05) is 6.92 Å². The van der Waals surface area contributed by atoms with Gasteiger partial charge in [0.2, 0.25) is 0 Å². The van der Waals surface area contributed by atoms with Crippen molar-refractivity contribution < 1.29 is 4.21 Å². The summed E-state index contributed by atoms with van der Waals surface area (Å²) in [5, 5.41) is 3.64. The Kier molecular flexibility index (Phi) is 5.34. The van der Waals surface area contributed by atoms with Gasteiger partial charge in [0.05, 0.1) is 0 Å². The maximum Gasteiger partial charge on any atom is 0.0441 e. The summed E-state index contributed by atoms with van der Waals surface area (Å²) in [6, 6.07) is 6.83. The van der Waals surface area contributed by atoms with Gasteiger partial charge >= 0.3 is 0 Å². The predicted molar refractivity (Wildman–Crippen MR) is 75.9 cm³/mol. The lowest BCUT2D eigenvalue weighted by Gasteiger charge is -2.19. The number of benzene rings is 1. The summed E-state index contributed by atoms with van der Waals surface area (Å²) >= 11 is 0. The highest BCUT2D eigenvalue weighted by atomic mass is 32.2. The fourth-order valence-electron chi connectivity index (χ4n) is 1.88. The minimum Gasteiger partial charge on any atom is -0.309 e. The zero-order chi connectivity index (χ0) is 13.0. The van der Waals surface area contributed by atoms with Crippen LogP contribution in [0.25, 0.3) is 0 Å². The van der Waals surface area contributed by atoms with Crippen LogP contribution < -0.4 is 5.32 Å². The molecule has 0 aromatic heterocycles. The number of rotatable bonds is 5. The van der Waals surface area contributed by atoms with Gasteiger partial charge in [-0.3, -0.25) is 4.21 Å². The maximum atomic E-state index is 11.3. The Morgan fingerprint density at radius 2 is 1.94 bits per heavy atom. The molecular weight excluding hydrogens is 230 g/mol. The van der Waals surface area contributed by atoms with Crippen molar-refractivity contribution in [1.82, 2.24) is 5.32 Å². The van der Waals surface area contributed by atoms with Crippen LogP contribution in [0.15, 0.2) is 18.2 Å². The summed E-state index contributed by atoms with van der Waals surface area (Å²) < 4.78 is 11.3. The molecule has 0 bridgehead atoms. The van der Waals surface area contributed by atoms with E-state index >= 15 is 0 Å². The van der Waals surface area contributed by atoms with Crippen LogP contribution >= 0.6 is 0 Å². The van der Waals surface area contributed by atoms with Crippen molar-refractivity contribution in [1.29, 1.82) is 0 Å². The average Bonchev–Trinajstić information content (AvgIpc) is 2.25. The van der Waals surface area contributed by atoms with Gasteiger partial charge in [0.1, 0.15) is 0 Å². The SMILES string of the molecule is Cc1ccc(C(C)NCC(C)S(C)=O)c(C)c1. The van der Waals surface area contributed by atoms with E-state index in [1.54, 1.807) is 6.26 Å². The molecule has 96 valence electrons. The van der Waals surface area contributed by atoms with Crippen LogP contribution in [0.3, 0.4) is 0 Å². The molecule has 1 N–H and O–H groups in total. The quantitative estimate of drug-likeness (QED) is 0.874. The molecule has 1 rings (SSSR count). The van der Waals surface area contributed by atoms with Crippen LogP contribution in [0.2, 0.25) is 0 Å². The summed E-state index contributed by atoms with van der Waals surface area (Å²) in [6.45, 7) is 9.21. The van der Waals surface area contributed by atoms with Crippen molar-refractivity contribution in [3.8, 4) is 0 Å². The van der Waals surface area contributed by atoms with E-state index in [-0.39, 0.29) is 5.25 Å². The lowest BCUT2D eigenvalue weighted by molar-refractivity contribution is 0.566. The van der Waals surface area contributed by atoms with E-state index in [0.29, 0.717) is 6.04 Å². The topological polar surface area (TPSA) is 29.1 Å². The Bertz CT molecular complexity index is 403. The van der Waals surface area contributed by atoms with E-state index in [9.17, 15) is 4.21 Å². The molecule has 0 aliphatic rings. The molecule has 0 aliphatic heterocycles. The van der Waals surface area contributed by atoms with Crippen LogP contribution in [-0.2, 0) is 10.8 Å². The molecule has 0 saturated heterocycles. The second kappa shape index (κ2) is 6.31. The lowest BCUT2D eigenvalue weighted by atomic mass is 10.0. The maximum absolute atomic E-state index is 11.3. The summed E-state index contributed by atoms with van der Waals surface area (Å²) in [4.78, 5) is 0. The molecule has 2 nitrogen and oxygen atoms in total. The van der Waals surface area contributed by atoms with Gasteiger partial charge in [-0.1, -0.05) is 23.8 Å². The van der Waals surface area contributed by atoms with Crippen molar-refractivity contribution >= 4 is 10.8 Å². The van der Waals surface area contributed by atoms with E-state index in [1.165, 1.54) is 16.7 Å². The highest BCUT2D eigenvalue weighted by Gasteiger charge is 2.11. The second-order valence-electron chi connectivity index (χ2n) is 4.80. The molecule has 0 heterocycles. The van der Waals surface area contributed by atoms with Gasteiger partial charge in [-0.15, -0.1) is 0 Å². The number of aryl methyl sites for hydroxylation is 2. The first-order valence-corrected chi connectivity index (χ1v) is 7.66. The van der Waals surface area contributed by atoms with E-state index in [2.05, 4.69) is 44.3 Å². The lowest BCUT2D eigenvalue weighted by Crippen LogP contribution is -2.30. The molecule has 0 aliphatic carbocycles. The molecule has 3 atom stereocenters. The zero-order valence-corrected chi connectivity index (χ0v) is 12.2. The Morgan fingerprint density at radius 3 is 2.47 bits per heavy atom. The third kappa shape index (κ3) is 4.25. The summed E-state index contributed by atoms with van der Waals surface area (Å²) in [7, 11) is -0.755. The monoisotopic (exact) mass is 253 g/mol. The minimum absolute atomic E-state index is 0.197. The average molecular weight is 253 g/mol. The minimum atomic E-state index is -0.755. The van der Waals surface area contributed by atoms with E-state index in [4.69, 9.17) is 0 Å². The fourth-order valence-corrected chi connectivity index (χ4v) is 2.21. The molecule has 3 heteroatoms. The van der Waals surface area contributed by atoms with Crippen molar-refractivity contribution in [3.05, 3.63) is 34.9 Å². The van der Waals surface area contributed by atoms with Crippen LogP contribution in [0.5, 0.6) is 0 Å². The second-order valence-corrected chi connectivity index (χ2v) is 6.60. The molecule has 3 unspecified atom stereocenters. The molecule has 1 aromatic carbocycles. The molecule has 17 heavy (non-hydrogen) atoms. The van der Waals surface area contributed by atoms with Crippen molar-refractivity contribution in [2.45, 2.75) is 39.0 Å². The molecule has 1 aromatic rings. The zero-order valence-electron chi connectivity index (χ0n) is 11.4. The largest absolute Gasteiger partial charge is 0.309 e. The van der Waals surface area contributed by atoms with Crippen molar-refractivity contribution in [2.24, 2.45) is 0 Å². The molecular formula is C14H23NOS. The molecule has 0 spiro atoms. The summed E-state index contributed by atoms with van der Waals surface area (Å²) in [5.74, 6) is 0. The number of nitrogens with one attached hydrogen (secondary N) is 1. The molecule has 0 radical (unpaired) electrons. The van der Waals surface area contributed by atoms with Gasteiger partial charge in [-0.25, -0.2) is 0 Å². The fraction of sp³-hybridized carbons (Fsp3) is 0.571. The van der Waals surface area contributed by atoms with Crippen LogP contribution in [0.4, 0.5) is 0 Å². The Morgan fingerprint density at radius 1 is 1.29 bits per heavy atom. The van der Waals surface area contributed by atoms with Gasteiger partial charge in [-0.05, 0) is 38.8 Å². The standard InChI is InChI=1S/C14H23NOS/c1-10-6-7-14(11(2)8-10)13(4)15-9-12(3)17(5)16/h6-8,12-13,15H,9H2,1-5H3. The summed E-state index contributed by atoms with van der Waals surface area (Å²) in [5.41, 5.74) is 3.93. The van der Waals surface area contributed by atoms with Gasteiger partial charge in [0, 0.05) is 34.9 Å². The van der Waals surface area contributed by atoms with Crippen molar-refractivity contribution in [2.75, 3.05) is 12.8 Å². The number of hydrogen-bond acceptors (Lipinski definition) is 2. The third-order valence-corrected chi connectivity index (χ3v) is 4.47. The van der Waals surface area contributed by atoms with Crippen LogP contribution in [0.1, 0.15) is 36.6 Å². The smallest absolute Gasteiger partial charge is 0.0441 e. The van der Waals surface area contributed by atoms with E-state index in [0.717, 1.165) is 6.54 Å². The van der Waals surface area contributed by atoms with Gasteiger partial charge in [-0.2, -0.15) is 0 Å². The first-order chi connectivity index (χ1) is 7.91. The Labute approximate surface area is 107 Å². The highest BCUT2D eigenvalue weighted by molar-refractivity contribution is 7.84. The molecule has 0 saturated carbocycles. The highest BCUT2D eigenvalue weighted by Crippen LogP contribution is 2.18. The van der Waals surface area contributed by atoms with Crippen molar-refractivity contribution in [3.63, 3.8) is 0 Å². The third-order valence-electron chi connectivity index (χ3n) is 3.17. The van der Waals surface area contributed by atoms with Crippen LogP contribution in [0, 0.1) is 13.8 Å². The van der Waals surface area contributed by atoms with Gasteiger partial charge in [0.15, 0.2) is 0 Å². The van der Waals surface area contributed by atoms with Crippen LogP contribution in [-0.4, -0.2) is 22.3 Å². The first-order valence-electron chi connectivity index (χ1n) is 6.04. The Hall–Kier alpha value is -0.670. The summed E-state index contributed by atoms with van der Waals surface area (Å²) in [6.07, 6.45) is 1.76. The molecule has 0 fully saturated rings. The van der Waals surface area contributed by atoms with Gasteiger partial charge in [0.25, 0.3) is 0 Å². The number of hydrogen-bond donors (Lipinski definition) is 1. The first kappa shape index (κ1) is 14.4. The van der Waals surface area contributed by atoms with Gasteiger partial charge < -0.3 is 5.32 Å². The predicted octanol–water partition coefficient (Wildman–Crippen LogP) is 2.72. The van der Waals surface area contributed by atoms with E-state index < -0.39 is 10.8 Å². The Balaban J connectivity index is 2.64. The molecule has 0 amide bonds. The normalized spacial score (nSPS) is 16.5.